The summed E-state index contributed by atoms with van der Waals surface area (Å²) in [5.41, 5.74) is 2.92. The summed E-state index contributed by atoms with van der Waals surface area (Å²) in [5.74, 6) is 0.869. The van der Waals surface area contributed by atoms with Crippen LogP contribution in [0.2, 0.25) is 0 Å². The molecule has 2 rings (SSSR count). The minimum Gasteiger partial charge on any atom is -0.357 e. The number of rotatable bonds is 9. The van der Waals surface area contributed by atoms with Crippen molar-refractivity contribution in [1.29, 1.82) is 0 Å². The van der Waals surface area contributed by atoms with Gasteiger partial charge in [0, 0.05) is 43.0 Å². The molecule has 0 spiro atoms. The maximum atomic E-state index is 12.4. The second-order valence-corrected chi connectivity index (χ2v) is 8.08. The number of nitrogens with zero attached hydrogens (tertiary/aromatic N) is 3. The summed E-state index contributed by atoms with van der Waals surface area (Å²) in [6.45, 7) is 13.8. The van der Waals surface area contributed by atoms with Crippen molar-refractivity contribution in [3.05, 3.63) is 51.0 Å². The van der Waals surface area contributed by atoms with E-state index in [0.29, 0.717) is 6.54 Å². The molecular weight excluding hydrogens is 509 g/mol. The highest BCUT2D eigenvalue weighted by Gasteiger charge is 2.11. The number of hydrogen-bond acceptors (Lipinski definition) is 4. The number of guanidine groups is 1. The van der Waals surface area contributed by atoms with Crippen LogP contribution in [0.1, 0.15) is 52.3 Å². The van der Waals surface area contributed by atoms with Gasteiger partial charge in [-0.3, -0.25) is 4.79 Å². The van der Waals surface area contributed by atoms with Gasteiger partial charge in [-0.2, -0.15) is 0 Å². The fourth-order valence-corrected chi connectivity index (χ4v) is 3.83. The number of nitrogens with one attached hydrogen (secondary N) is 2. The zero-order valence-corrected chi connectivity index (χ0v) is 21.8. The third kappa shape index (κ3) is 7.86. The lowest BCUT2D eigenvalue weighted by Crippen LogP contribution is -2.38. The Balaban J connectivity index is 0.00000450. The van der Waals surface area contributed by atoms with Crippen LogP contribution in [0.3, 0.4) is 0 Å². The van der Waals surface area contributed by atoms with Crippen LogP contribution < -0.4 is 10.6 Å². The third-order valence-electron chi connectivity index (χ3n) is 4.72. The van der Waals surface area contributed by atoms with E-state index in [-0.39, 0.29) is 29.9 Å². The standard InChI is InChI=1S/C22H33N5OS.HI/c1-6-23-22(24-14-13-20-26-16(4)17(5)29-20)25-15-18-9-11-19(12-10-18)21(28)27(7-2)8-3;/h9-12H,6-8,13-15H2,1-5H3,(H2,23,24,25);1H. The molecule has 8 heteroatoms. The number of benzene rings is 1. The summed E-state index contributed by atoms with van der Waals surface area (Å²) in [4.78, 5) is 24.8. The molecule has 2 N–H and O–H groups in total. The van der Waals surface area contributed by atoms with E-state index in [0.717, 1.165) is 60.4 Å². The summed E-state index contributed by atoms with van der Waals surface area (Å²) in [7, 11) is 0. The van der Waals surface area contributed by atoms with Crippen molar-refractivity contribution in [3.8, 4) is 0 Å². The molecule has 166 valence electrons. The van der Waals surface area contributed by atoms with Crippen molar-refractivity contribution in [3.63, 3.8) is 0 Å². The van der Waals surface area contributed by atoms with Gasteiger partial charge in [0.05, 0.1) is 17.2 Å². The molecule has 0 saturated heterocycles. The molecule has 30 heavy (non-hydrogen) atoms. The molecule has 0 radical (unpaired) electrons. The van der Waals surface area contributed by atoms with Crippen molar-refractivity contribution < 1.29 is 4.79 Å². The number of thiazole rings is 1. The van der Waals surface area contributed by atoms with Crippen molar-refractivity contribution >= 4 is 47.2 Å². The van der Waals surface area contributed by atoms with Gasteiger partial charge in [0.15, 0.2) is 5.96 Å². The number of aryl methyl sites for hydroxylation is 2. The van der Waals surface area contributed by atoms with Crippen molar-refractivity contribution in [2.24, 2.45) is 4.99 Å². The number of hydrogen-bond donors (Lipinski definition) is 2. The lowest BCUT2D eigenvalue weighted by atomic mass is 10.1. The highest BCUT2D eigenvalue weighted by molar-refractivity contribution is 14.0. The van der Waals surface area contributed by atoms with Gasteiger partial charge in [-0.15, -0.1) is 35.3 Å². The molecule has 1 aromatic heterocycles. The third-order valence-corrected chi connectivity index (χ3v) is 5.85. The van der Waals surface area contributed by atoms with E-state index < -0.39 is 0 Å². The molecule has 0 fully saturated rings. The lowest BCUT2D eigenvalue weighted by molar-refractivity contribution is 0.0773. The molecule has 0 unspecified atom stereocenters. The Morgan fingerprint density at radius 3 is 2.30 bits per heavy atom. The maximum Gasteiger partial charge on any atom is 0.253 e. The van der Waals surface area contributed by atoms with Crippen LogP contribution >= 0.6 is 35.3 Å². The first kappa shape index (κ1) is 26.4. The molecule has 0 atom stereocenters. The molecule has 1 aromatic carbocycles. The Labute approximate surface area is 201 Å². The molecule has 0 bridgehead atoms. The van der Waals surface area contributed by atoms with Crippen LogP contribution in [-0.2, 0) is 13.0 Å². The SMILES string of the molecule is CCNC(=NCc1ccc(C(=O)N(CC)CC)cc1)NCCc1nc(C)c(C)s1.I. The monoisotopic (exact) mass is 543 g/mol. The van der Waals surface area contributed by atoms with Gasteiger partial charge in [-0.05, 0) is 52.3 Å². The number of carbonyl (C=O) groups is 1. The first-order chi connectivity index (χ1) is 14.0. The molecule has 1 heterocycles. The van der Waals surface area contributed by atoms with E-state index in [2.05, 4.69) is 41.4 Å². The molecule has 2 aromatic rings. The fourth-order valence-electron chi connectivity index (χ4n) is 2.89. The van der Waals surface area contributed by atoms with E-state index in [1.165, 1.54) is 4.88 Å². The summed E-state index contributed by atoms with van der Waals surface area (Å²) in [5, 5.41) is 7.80. The average molecular weight is 544 g/mol. The van der Waals surface area contributed by atoms with Gasteiger partial charge in [-0.25, -0.2) is 9.98 Å². The van der Waals surface area contributed by atoms with Crippen LogP contribution in [0.15, 0.2) is 29.3 Å². The molecular formula is C22H34IN5OS. The number of aliphatic imine (C=N–C) groups is 1. The number of aromatic nitrogens is 1. The van der Waals surface area contributed by atoms with E-state index in [1.54, 1.807) is 11.3 Å². The fraction of sp³-hybridized carbons (Fsp3) is 0.500. The van der Waals surface area contributed by atoms with E-state index >= 15 is 0 Å². The summed E-state index contributed by atoms with van der Waals surface area (Å²) in [6.07, 6.45) is 0.881. The first-order valence-corrected chi connectivity index (χ1v) is 11.1. The minimum atomic E-state index is 0. The highest BCUT2D eigenvalue weighted by atomic mass is 127. The van der Waals surface area contributed by atoms with Crippen LogP contribution in [0.5, 0.6) is 0 Å². The van der Waals surface area contributed by atoms with Gasteiger partial charge in [0.2, 0.25) is 0 Å². The number of halogens is 1. The van der Waals surface area contributed by atoms with Crippen molar-refractivity contribution in [2.45, 2.75) is 47.6 Å². The van der Waals surface area contributed by atoms with Gasteiger partial charge in [0.1, 0.15) is 0 Å². The van der Waals surface area contributed by atoms with E-state index in [1.807, 2.05) is 43.0 Å². The Morgan fingerprint density at radius 1 is 1.10 bits per heavy atom. The van der Waals surface area contributed by atoms with Crippen LogP contribution in [0.25, 0.3) is 0 Å². The summed E-state index contributed by atoms with van der Waals surface area (Å²) >= 11 is 1.76. The van der Waals surface area contributed by atoms with Gasteiger partial charge < -0.3 is 15.5 Å². The zero-order valence-electron chi connectivity index (χ0n) is 18.6. The molecule has 6 nitrogen and oxygen atoms in total. The van der Waals surface area contributed by atoms with E-state index in [9.17, 15) is 4.79 Å². The maximum absolute atomic E-state index is 12.4. The summed E-state index contributed by atoms with van der Waals surface area (Å²) in [6, 6.07) is 7.73. The van der Waals surface area contributed by atoms with Crippen LogP contribution in [-0.4, -0.2) is 47.9 Å². The second kappa shape index (κ2) is 13.6. The largest absolute Gasteiger partial charge is 0.357 e. The second-order valence-electron chi connectivity index (χ2n) is 6.80. The van der Waals surface area contributed by atoms with E-state index in [4.69, 9.17) is 0 Å². The first-order valence-electron chi connectivity index (χ1n) is 10.3. The smallest absolute Gasteiger partial charge is 0.253 e. The molecule has 0 aliphatic heterocycles. The van der Waals surface area contributed by atoms with Crippen LogP contribution in [0.4, 0.5) is 0 Å². The topological polar surface area (TPSA) is 69.6 Å². The van der Waals surface area contributed by atoms with Gasteiger partial charge in [-0.1, -0.05) is 12.1 Å². The molecule has 0 saturated carbocycles. The van der Waals surface area contributed by atoms with Crippen molar-refractivity contribution in [2.75, 3.05) is 26.2 Å². The number of carbonyl (C=O) groups excluding carboxylic acids is 1. The average Bonchev–Trinajstić information content (AvgIpc) is 3.04. The quantitative estimate of drug-likeness (QED) is 0.283. The van der Waals surface area contributed by atoms with Crippen LogP contribution in [0, 0.1) is 13.8 Å². The predicted octanol–water partition coefficient (Wildman–Crippen LogP) is 4.16. The Morgan fingerprint density at radius 2 is 1.77 bits per heavy atom. The Kier molecular flexibility index (Phi) is 11.9. The van der Waals surface area contributed by atoms with Gasteiger partial charge in [0.25, 0.3) is 5.91 Å². The van der Waals surface area contributed by atoms with Gasteiger partial charge >= 0.3 is 0 Å². The molecule has 0 aliphatic carbocycles. The Bertz CT molecular complexity index is 796. The molecule has 0 aliphatic rings. The molecule has 1 amide bonds. The lowest BCUT2D eigenvalue weighted by Gasteiger charge is -2.18. The van der Waals surface area contributed by atoms with Crippen molar-refractivity contribution in [1.82, 2.24) is 20.5 Å². The Hall–Kier alpha value is -1.68. The highest BCUT2D eigenvalue weighted by Crippen LogP contribution is 2.16. The number of amides is 1. The predicted molar refractivity (Wildman–Crippen MR) is 137 cm³/mol. The summed E-state index contributed by atoms with van der Waals surface area (Å²) < 4.78 is 0. The normalized spacial score (nSPS) is 11.0. The minimum absolute atomic E-state index is 0. The zero-order chi connectivity index (χ0) is 21.2.